The molecule has 0 amide bonds. The third kappa shape index (κ3) is 2.56. The quantitative estimate of drug-likeness (QED) is 0.747. The molecule has 0 bridgehead atoms. The first-order chi connectivity index (χ1) is 10.1. The number of anilines is 2. The van der Waals surface area contributed by atoms with Crippen LogP contribution in [0.15, 0.2) is 60.7 Å². The van der Waals surface area contributed by atoms with Gasteiger partial charge in [0, 0.05) is 5.69 Å². The average Bonchev–Trinajstić information content (AvgIpc) is 2.49. The van der Waals surface area contributed by atoms with E-state index in [4.69, 9.17) is 5.11 Å². The molecule has 2 N–H and O–H groups in total. The molecule has 0 spiro atoms. The van der Waals surface area contributed by atoms with Gasteiger partial charge in [0.2, 0.25) is 0 Å². The Hall–Kier alpha value is -2.88. The molecule has 3 aromatic rings. The van der Waals surface area contributed by atoms with Crippen LogP contribution in [0.2, 0.25) is 0 Å². The summed E-state index contributed by atoms with van der Waals surface area (Å²) in [6.07, 6.45) is 0. The zero-order valence-electron chi connectivity index (χ0n) is 11.0. The minimum Gasteiger partial charge on any atom is -0.478 e. The number of hydrogen-bond donors (Lipinski definition) is 2. The number of rotatable bonds is 3. The van der Waals surface area contributed by atoms with E-state index in [-0.39, 0.29) is 11.3 Å². The second-order valence-corrected chi connectivity index (χ2v) is 4.65. The Balaban J connectivity index is 2.04. The molecule has 0 aromatic heterocycles. The topological polar surface area (TPSA) is 49.3 Å². The van der Waals surface area contributed by atoms with Gasteiger partial charge in [-0.1, -0.05) is 36.4 Å². The number of aromatic carboxylic acids is 1. The third-order valence-corrected chi connectivity index (χ3v) is 3.26. The molecule has 0 aliphatic rings. The van der Waals surface area contributed by atoms with E-state index < -0.39 is 11.8 Å². The van der Waals surface area contributed by atoms with Gasteiger partial charge in [-0.3, -0.25) is 0 Å². The van der Waals surface area contributed by atoms with Crippen molar-refractivity contribution < 1.29 is 14.3 Å². The predicted molar refractivity (Wildman–Crippen MR) is 80.6 cm³/mol. The molecule has 0 saturated carbocycles. The van der Waals surface area contributed by atoms with Gasteiger partial charge in [-0.15, -0.1) is 0 Å². The van der Waals surface area contributed by atoms with Gasteiger partial charge in [-0.25, -0.2) is 9.18 Å². The molecule has 0 saturated heterocycles. The van der Waals surface area contributed by atoms with Gasteiger partial charge in [0.15, 0.2) is 0 Å². The largest absolute Gasteiger partial charge is 0.478 e. The van der Waals surface area contributed by atoms with Crippen LogP contribution in [0.3, 0.4) is 0 Å². The molecule has 0 fully saturated rings. The molecule has 3 rings (SSSR count). The van der Waals surface area contributed by atoms with Gasteiger partial charge in [0.25, 0.3) is 0 Å². The van der Waals surface area contributed by atoms with Gasteiger partial charge in [0.1, 0.15) is 5.82 Å². The molecular formula is C17H12FNO2. The number of hydrogen-bond acceptors (Lipinski definition) is 2. The van der Waals surface area contributed by atoms with Crippen LogP contribution in [-0.2, 0) is 0 Å². The predicted octanol–water partition coefficient (Wildman–Crippen LogP) is 4.42. The molecule has 21 heavy (non-hydrogen) atoms. The van der Waals surface area contributed by atoms with E-state index in [1.54, 1.807) is 6.07 Å². The summed E-state index contributed by atoms with van der Waals surface area (Å²) in [5.41, 5.74) is 0.518. The standard InChI is InChI=1S/C17H12FNO2/c18-15-7-3-6-14(17(20)21)16(15)19-13-9-8-11-4-1-2-5-12(11)10-13/h1-10,19H,(H,20,21). The zero-order valence-corrected chi connectivity index (χ0v) is 11.0. The maximum atomic E-state index is 13.9. The van der Waals surface area contributed by atoms with Crippen molar-refractivity contribution in [3.05, 3.63) is 72.0 Å². The van der Waals surface area contributed by atoms with Crippen molar-refractivity contribution in [3.8, 4) is 0 Å². The van der Waals surface area contributed by atoms with E-state index in [2.05, 4.69) is 5.32 Å². The fourth-order valence-electron chi connectivity index (χ4n) is 2.24. The van der Waals surface area contributed by atoms with Crippen LogP contribution in [0.1, 0.15) is 10.4 Å². The lowest BCUT2D eigenvalue weighted by molar-refractivity contribution is 0.0697. The molecule has 3 nitrogen and oxygen atoms in total. The number of benzene rings is 3. The van der Waals surface area contributed by atoms with Gasteiger partial charge in [-0.2, -0.15) is 0 Å². The molecule has 0 aliphatic heterocycles. The second-order valence-electron chi connectivity index (χ2n) is 4.65. The lowest BCUT2D eigenvalue weighted by atomic mass is 10.1. The summed E-state index contributed by atoms with van der Waals surface area (Å²) in [4.78, 5) is 11.2. The lowest BCUT2D eigenvalue weighted by Crippen LogP contribution is -2.04. The SMILES string of the molecule is O=C(O)c1cccc(F)c1Nc1ccc2ccccc2c1. The highest BCUT2D eigenvalue weighted by Gasteiger charge is 2.14. The van der Waals surface area contributed by atoms with Gasteiger partial charge in [0.05, 0.1) is 11.3 Å². The van der Waals surface area contributed by atoms with Crippen molar-refractivity contribution in [1.82, 2.24) is 0 Å². The van der Waals surface area contributed by atoms with Crippen molar-refractivity contribution in [1.29, 1.82) is 0 Å². The van der Waals surface area contributed by atoms with Crippen molar-refractivity contribution >= 4 is 28.1 Å². The number of carboxylic acids is 1. The maximum absolute atomic E-state index is 13.9. The maximum Gasteiger partial charge on any atom is 0.337 e. The molecule has 104 valence electrons. The summed E-state index contributed by atoms with van der Waals surface area (Å²) in [5.74, 6) is -1.76. The molecule has 0 heterocycles. The Morgan fingerprint density at radius 1 is 0.952 bits per heavy atom. The highest BCUT2D eigenvalue weighted by molar-refractivity contribution is 5.96. The summed E-state index contributed by atoms with van der Waals surface area (Å²) in [6, 6.07) is 17.3. The number of carboxylic acid groups (broad SMARTS) is 1. The smallest absolute Gasteiger partial charge is 0.337 e. The Kier molecular flexibility index (Phi) is 3.28. The molecule has 0 atom stereocenters. The van der Waals surface area contributed by atoms with E-state index in [1.165, 1.54) is 18.2 Å². The van der Waals surface area contributed by atoms with Gasteiger partial charge in [-0.05, 0) is 35.0 Å². The first-order valence-corrected chi connectivity index (χ1v) is 6.43. The first-order valence-electron chi connectivity index (χ1n) is 6.43. The van der Waals surface area contributed by atoms with Crippen LogP contribution >= 0.6 is 0 Å². The van der Waals surface area contributed by atoms with Crippen LogP contribution in [0, 0.1) is 5.82 Å². The van der Waals surface area contributed by atoms with E-state index in [0.717, 1.165) is 10.8 Å². The number of nitrogens with one attached hydrogen (secondary N) is 1. The molecule has 0 unspecified atom stereocenters. The first kappa shape index (κ1) is 13.1. The number of carbonyl (C=O) groups is 1. The highest BCUT2D eigenvalue weighted by Crippen LogP contribution is 2.26. The van der Waals surface area contributed by atoms with Crippen LogP contribution in [0.5, 0.6) is 0 Å². The average molecular weight is 281 g/mol. The van der Waals surface area contributed by atoms with Crippen molar-refractivity contribution in [2.45, 2.75) is 0 Å². The Labute approximate surface area is 120 Å². The summed E-state index contributed by atoms with van der Waals surface area (Å²) < 4.78 is 13.9. The Morgan fingerprint density at radius 2 is 1.71 bits per heavy atom. The van der Waals surface area contributed by atoms with Gasteiger partial charge >= 0.3 is 5.97 Å². The van der Waals surface area contributed by atoms with Gasteiger partial charge < -0.3 is 10.4 Å². The minimum atomic E-state index is -1.17. The lowest BCUT2D eigenvalue weighted by Gasteiger charge is -2.11. The summed E-state index contributed by atoms with van der Waals surface area (Å²) in [5, 5.41) is 14.1. The minimum absolute atomic E-state index is 0.0275. The third-order valence-electron chi connectivity index (χ3n) is 3.26. The number of para-hydroxylation sites is 1. The Morgan fingerprint density at radius 3 is 2.48 bits per heavy atom. The summed E-state index contributed by atoms with van der Waals surface area (Å²) in [6.45, 7) is 0. The summed E-state index contributed by atoms with van der Waals surface area (Å²) in [7, 11) is 0. The molecule has 3 aromatic carbocycles. The normalized spacial score (nSPS) is 10.5. The molecular weight excluding hydrogens is 269 g/mol. The number of halogens is 1. The molecule has 4 heteroatoms. The summed E-state index contributed by atoms with van der Waals surface area (Å²) >= 11 is 0. The van der Waals surface area contributed by atoms with E-state index in [0.29, 0.717) is 5.69 Å². The molecule has 0 aliphatic carbocycles. The van der Waals surface area contributed by atoms with Crippen molar-refractivity contribution in [3.63, 3.8) is 0 Å². The zero-order chi connectivity index (χ0) is 14.8. The van der Waals surface area contributed by atoms with Crippen LogP contribution < -0.4 is 5.32 Å². The monoisotopic (exact) mass is 281 g/mol. The van der Waals surface area contributed by atoms with Crippen LogP contribution in [0.25, 0.3) is 10.8 Å². The second kappa shape index (κ2) is 5.25. The number of fused-ring (bicyclic) bond motifs is 1. The van der Waals surface area contributed by atoms with Crippen molar-refractivity contribution in [2.24, 2.45) is 0 Å². The molecule has 0 radical (unpaired) electrons. The Bertz CT molecular complexity index is 830. The van der Waals surface area contributed by atoms with E-state index >= 15 is 0 Å². The fraction of sp³-hybridized carbons (Fsp3) is 0. The van der Waals surface area contributed by atoms with E-state index in [1.807, 2.05) is 36.4 Å². The highest BCUT2D eigenvalue weighted by atomic mass is 19.1. The van der Waals surface area contributed by atoms with E-state index in [9.17, 15) is 9.18 Å². The van der Waals surface area contributed by atoms with Crippen molar-refractivity contribution in [2.75, 3.05) is 5.32 Å². The fourth-order valence-corrected chi connectivity index (χ4v) is 2.24. The van der Waals surface area contributed by atoms with Crippen LogP contribution in [-0.4, -0.2) is 11.1 Å². The van der Waals surface area contributed by atoms with Crippen LogP contribution in [0.4, 0.5) is 15.8 Å².